The number of nitrogens with zero attached hydrogens (tertiary/aromatic N) is 2. The summed E-state index contributed by atoms with van der Waals surface area (Å²) in [5, 5.41) is 16.5. The lowest BCUT2D eigenvalue weighted by atomic mass is 9.82. The average Bonchev–Trinajstić information content (AvgIpc) is 3.33. The van der Waals surface area contributed by atoms with Gasteiger partial charge in [0.2, 0.25) is 5.91 Å². The van der Waals surface area contributed by atoms with Crippen molar-refractivity contribution in [2.75, 3.05) is 16.4 Å². The summed E-state index contributed by atoms with van der Waals surface area (Å²) in [5.41, 5.74) is 3.44. The molecule has 2 heterocycles. The van der Waals surface area contributed by atoms with E-state index in [2.05, 4.69) is 28.6 Å². The molecule has 0 bridgehead atoms. The molecule has 2 aromatic carbocycles. The Kier molecular flexibility index (Phi) is 8.82. The van der Waals surface area contributed by atoms with Gasteiger partial charge in [-0.3, -0.25) is 9.59 Å². The van der Waals surface area contributed by atoms with Crippen molar-refractivity contribution in [2.24, 2.45) is 10.9 Å². The van der Waals surface area contributed by atoms with Crippen molar-refractivity contribution in [1.82, 2.24) is 0 Å². The zero-order chi connectivity index (χ0) is 26.4. The second-order valence-corrected chi connectivity index (χ2v) is 11.1. The van der Waals surface area contributed by atoms with E-state index >= 15 is 0 Å². The number of carbonyl (C=O) groups excluding carboxylic acids is 2. The molecule has 188 valence electrons. The van der Waals surface area contributed by atoms with E-state index < -0.39 is 11.8 Å². The molecule has 0 saturated carbocycles. The number of rotatable bonds is 7. The lowest BCUT2D eigenvalue weighted by Gasteiger charge is -2.29. The number of nitrogens with one attached hydrogen (secondary N) is 2. The molecule has 4 rings (SSSR count). The van der Waals surface area contributed by atoms with Crippen molar-refractivity contribution in [3.63, 3.8) is 0 Å². The Labute approximate surface area is 229 Å². The largest absolute Gasteiger partial charge is 0.325 e. The van der Waals surface area contributed by atoms with Gasteiger partial charge in [-0.25, -0.2) is 4.99 Å². The molecule has 37 heavy (non-hydrogen) atoms. The van der Waals surface area contributed by atoms with Crippen LogP contribution in [-0.2, 0) is 16.0 Å². The number of thioether (sulfide) groups is 1. The first-order valence-electron chi connectivity index (χ1n) is 11.7. The third-order valence-electron chi connectivity index (χ3n) is 5.86. The number of aryl methyl sites for hydroxylation is 1. The molecule has 2 unspecified atom stereocenters. The molecule has 2 N–H and O–H groups in total. The van der Waals surface area contributed by atoms with Crippen LogP contribution in [0.2, 0.25) is 4.34 Å². The van der Waals surface area contributed by atoms with Crippen molar-refractivity contribution in [2.45, 2.75) is 26.2 Å². The van der Waals surface area contributed by atoms with Gasteiger partial charge in [0.15, 0.2) is 0 Å². The standard InChI is InChI=1S/C28H25ClN4O2S2/c1-3-18-8-7-11-20(14-18)32-24(34)16-36-28-21(15-30)26(22-12-13-23(29)37-22)25(17(2)31-28)27(35)33-19-9-5-4-6-10-19/h4-14,21,26H,3,16H2,1-2H3,(H,32,34)(H,33,35). The number of anilines is 2. The van der Waals surface area contributed by atoms with Gasteiger partial charge in [0.1, 0.15) is 5.92 Å². The number of carbonyl (C=O) groups is 2. The smallest absolute Gasteiger partial charge is 0.254 e. The molecule has 1 aliphatic heterocycles. The van der Waals surface area contributed by atoms with Gasteiger partial charge in [-0.2, -0.15) is 5.26 Å². The summed E-state index contributed by atoms with van der Waals surface area (Å²) in [6.07, 6.45) is 0.874. The molecule has 2 amide bonds. The maximum absolute atomic E-state index is 13.4. The Bertz CT molecular complexity index is 1410. The van der Waals surface area contributed by atoms with Crippen LogP contribution in [0.1, 0.15) is 30.2 Å². The first kappa shape index (κ1) is 26.7. The maximum atomic E-state index is 13.4. The van der Waals surface area contributed by atoms with Gasteiger partial charge in [-0.1, -0.05) is 60.6 Å². The van der Waals surface area contributed by atoms with Gasteiger partial charge < -0.3 is 10.6 Å². The number of halogens is 1. The van der Waals surface area contributed by atoms with Gasteiger partial charge in [-0.05, 0) is 55.3 Å². The highest BCUT2D eigenvalue weighted by Crippen LogP contribution is 2.44. The van der Waals surface area contributed by atoms with Crippen LogP contribution in [0.5, 0.6) is 0 Å². The molecule has 1 aliphatic rings. The summed E-state index contributed by atoms with van der Waals surface area (Å²) in [7, 11) is 0. The Hall–Kier alpha value is -3.38. The highest BCUT2D eigenvalue weighted by molar-refractivity contribution is 8.14. The van der Waals surface area contributed by atoms with Crippen molar-refractivity contribution in [3.05, 3.63) is 92.8 Å². The SMILES string of the molecule is CCc1cccc(NC(=O)CSC2=NC(C)=C(C(=O)Nc3ccccc3)C(c3ccc(Cl)s3)C2C#N)c1. The van der Waals surface area contributed by atoms with Gasteiger partial charge in [0, 0.05) is 33.4 Å². The molecule has 0 radical (unpaired) electrons. The second-order valence-electron chi connectivity index (χ2n) is 8.39. The van der Waals surface area contributed by atoms with Gasteiger partial charge in [0.05, 0.1) is 21.2 Å². The quantitative estimate of drug-likeness (QED) is 0.336. The third kappa shape index (κ3) is 6.50. The van der Waals surface area contributed by atoms with E-state index in [1.165, 1.54) is 23.1 Å². The highest BCUT2D eigenvalue weighted by Gasteiger charge is 2.39. The van der Waals surface area contributed by atoms with Crippen LogP contribution in [-0.4, -0.2) is 22.6 Å². The Morgan fingerprint density at radius 3 is 2.51 bits per heavy atom. The summed E-state index contributed by atoms with van der Waals surface area (Å²) in [6.45, 7) is 3.81. The van der Waals surface area contributed by atoms with Crippen molar-refractivity contribution in [1.29, 1.82) is 5.26 Å². The lowest BCUT2D eigenvalue weighted by molar-refractivity contribution is -0.114. The van der Waals surface area contributed by atoms with E-state index in [9.17, 15) is 14.9 Å². The van der Waals surface area contributed by atoms with Gasteiger partial charge in [-0.15, -0.1) is 11.3 Å². The zero-order valence-electron chi connectivity index (χ0n) is 20.3. The highest BCUT2D eigenvalue weighted by atomic mass is 35.5. The summed E-state index contributed by atoms with van der Waals surface area (Å²) in [5.74, 6) is -1.72. The molecule has 3 aromatic rings. The van der Waals surface area contributed by atoms with Crippen LogP contribution in [0, 0.1) is 17.2 Å². The van der Waals surface area contributed by atoms with Crippen LogP contribution in [0.4, 0.5) is 11.4 Å². The lowest BCUT2D eigenvalue weighted by Crippen LogP contribution is -2.31. The van der Waals surface area contributed by atoms with Gasteiger partial charge in [0.25, 0.3) is 5.91 Å². The Morgan fingerprint density at radius 1 is 1.08 bits per heavy atom. The molecule has 2 atom stereocenters. The molecular formula is C28H25ClN4O2S2. The predicted octanol–water partition coefficient (Wildman–Crippen LogP) is 6.88. The van der Waals surface area contributed by atoms with Crippen molar-refractivity contribution < 1.29 is 9.59 Å². The van der Waals surface area contributed by atoms with E-state index in [0.29, 0.717) is 26.3 Å². The second kappa shape index (κ2) is 12.2. The van der Waals surface area contributed by atoms with Crippen LogP contribution < -0.4 is 10.6 Å². The minimum atomic E-state index is -0.740. The van der Waals surface area contributed by atoms with Crippen LogP contribution in [0.3, 0.4) is 0 Å². The maximum Gasteiger partial charge on any atom is 0.254 e. The predicted molar refractivity (Wildman–Crippen MR) is 153 cm³/mol. The van der Waals surface area contributed by atoms with Gasteiger partial charge >= 0.3 is 0 Å². The number of aliphatic imine (C=N–C) groups is 1. The molecule has 6 nitrogen and oxygen atoms in total. The molecule has 0 fully saturated rings. The summed E-state index contributed by atoms with van der Waals surface area (Å²) < 4.78 is 0.567. The van der Waals surface area contributed by atoms with Crippen molar-refractivity contribution >= 4 is 62.9 Å². The molecule has 9 heteroatoms. The number of amides is 2. The fourth-order valence-corrected chi connectivity index (χ4v) is 6.24. The Balaban J connectivity index is 1.59. The number of nitriles is 1. The van der Waals surface area contributed by atoms with E-state index in [-0.39, 0.29) is 17.6 Å². The molecule has 0 spiro atoms. The average molecular weight is 549 g/mol. The topological polar surface area (TPSA) is 94.3 Å². The fraction of sp³-hybridized carbons (Fsp3) is 0.214. The molecule has 0 aliphatic carbocycles. The van der Waals surface area contributed by atoms with Crippen LogP contribution >= 0.6 is 34.7 Å². The number of para-hydroxylation sites is 1. The monoisotopic (exact) mass is 548 g/mol. The van der Waals surface area contributed by atoms with Crippen LogP contribution in [0.15, 0.2) is 83.0 Å². The number of hydrogen-bond donors (Lipinski definition) is 2. The third-order valence-corrected chi connectivity index (χ3v) is 8.23. The first-order valence-corrected chi connectivity index (χ1v) is 13.9. The summed E-state index contributed by atoms with van der Waals surface area (Å²) >= 11 is 8.78. The first-order chi connectivity index (χ1) is 17.9. The minimum absolute atomic E-state index is 0.0874. The number of allylic oxidation sites excluding steroid dienone is 1. The fourth-order valence-electron chi connectivity index (χ4n) is 4.11. The molecule has 1 aromatic heterocycles. The zero-order valence-corrected chi connectivity index (χ0v) is 22.7. The minimum Gasteiger partial charge on any atom is -0.325 e. The van der Waals surface area contributed by atoms with E-state index in [0.717, 1.165) is 22.5 Å². The number of thiophene rings is 1. The van der Waals surface area contributed by atoms with Crippen molar-refractivity contribution in [3.8, 4) is 6.07 Å². The normalized spacial score (nSPS) is 17.1. The number of benzene rings is 2. The van der Waals surface area contributed by atoms with Crippen LogP contribution in [0.25, 0.3) is 0 Å². The van der Waals surface area contributed by atoms with E-state index in [1.807, 2.05) is 48.5 Å². The molecular weight excluding hydrogens is 524 g/mol. The van der Waals surface area contributed by atoms with E-state index in [1.54, 1.807) is 25.1 Å². The summed E-state index contributed by atoms with van der Waals surface area (Å²) in [6, 6.07) is 22.8. The summed E-state index contributed by atoms with van der Waals surface area (Å²) in [4.78, 5) is 31.5. The number of hydrogen-bond acceptors (Lipinski definition) is 6. The van der Waals surface area contributed by atoms with E-state index in [4.69, 9.17) is 11.6 Å². The molecule has 0 saturated heterocycles. The Morgan fingerprint density at radius 2 is 1.84 bits per heavy atom.